The second-order valence-electron chi connectivity index (χ2n) is 5.46. The minimum atomic E-state index is 0.268. The van der Waals surface area contributed by atoms with Gasteiger partial charge in [0.2, 0.25) is 0 Å². The van der Waals surface area contributed by atoms with E-state index in [1.54, 1.807) is 18.5 Å². The lowest BCUT2D eigenvalue weighted by Crippen LogP contribution is -2.02. The van der Waals surface area contributed by atoms with E-state index in [2.05, 4.69) is 34.5 Å². The van der Waals surface area contributed by atoms with Crippen molar-refractivity contribution >= 4 is 10.8 Å². The first-order valence-corrected chi connectivity index (χ1v) is 7.46. The van der Waals surface area contributed by atoms with Gasteiger partial charge >= 0.3 is 0 Å². The molecule has 0 radical (unpaired) electrons. The molecular formula is C19H15N3O. The predicted molar refractivity (Wildman–Crippen MR) is 89.8 cm³/mol. The van der Waals surface area contributed by atoms with Crippen molar-refractivity contribution < 1.29 is 5.11 Å². The number of fused-ring (bicyclic) bond motifs is 1. The smallest absolute Gasteiger partial charge is 0.141 e. The number of phenolic OH excluding ortho intramolecular Hbond substituents is 1. The molecule has 1 heterocycles. The van der Waals surface area contributed by atoms with E-state index in [1.807, 2.05) is 34.9 Å². The number of aromatic hydroxyl groups is 1. The zero-order valence-electron chi connectivity index (χ0n) is 12.4. The van der Waals surface area contributed by atoms with Gasteiger partial charge in [0.1, 0.15) is 17.9 Å². The van der Waals surface area contributed by atoms with Gasteiger partial charge in [-0.3, -0.25) is 4.57 Å². The van der Waals surface area contributed by atoms with E-state index in [0.29, 0.717) is 6.42 Å². The molecule has 0 aliphatic rings. The summed E-state index contributed by atoms with van der Waals surface area (Å²) in [5.74, 6) is 1.14. The normalized spacial score (nSPS) is 11.0. The van der Waals surface area contributed by atoms with Gasteiger partial charge in [-0.1, -0.05) is 48.5 Å². The Kier molecular flexibility index (Phi) is 3.27. The van der Waals surface area contributed by atoms with Gasteiger partial charge in [-0.2, -0.15) is 0 Å². The Labute approximate surface area is 133 Å². The molecule has 4 rings (SSSR count). The van der Waals surface area contributed by atoms with Gasteiger partial charge in [0.05, 0.1) is 5.69 Å². The molecule has 4 aromatic rings. The third-order valence-corrected chi connectivity index (χ3v) is 3.94. The Balaban J connectivity index is 1.78. The van der Waals surface area contributed by atoms with Gasteiger partial charge in [-0.15, -0.1) is 10.2 Å². The molecule has 0 saturated heterocycles. The summed E-state index contributed by atoms with van der Waals surface area (Å²) in [7, 11) is 0. The van der Waals surface area contributed by atoms with Gasteiger partial charge < -0.3 is 5.11 Å². The molecule has 0 amide bonds. The summed E-state index contributed by atoms with van der Waals surface area (Å²) in [5, 5.41) is 20.1. The molecule has 0 aliphatic heterocycles. The van der Waals surface area contributed by atoms with Crippen LogP contribution >= 0.6 is 0 Å². The van der Waals surface area contributed by atoms with Crippen molar-refractivity contribution in [3.8, 4) is 11.4 Å². The zero-order valence-corrected chi connectivity index (χ0v) is 12.4. The van der Waals surface area contributed by atoms with E-state index in [1.165, 1.54) is 10.8 Å². The lowest BCUT2D eigenvalue weighted by Gasteiger charge is -2.10. The molecule has 1 N–H and O–H groups in total. The summed E-state index contributed by atoms with van der Waals surface area (Å²) in [6, 6.07) is 21.7. The second kappa shape index (κ2) is 5.57. The topological polar surface area (TPSA) is 50.9 Å². The molecule has 4 heteroatoms. The van der Waals surface area contributed by atoms with Crippen molar-refractivity contribution in [2.45, 2.75) is 6.42 Å². The van der Waals surface area contributed by atoms with Crippen molar-refractivity contribution in [2.24, 2.45) is 0 Å². The van der Waals surface area contributed by atoms with Gasteiger partial charge in [-0.25, -0.2) is 0 Å². The average molecular weight is 301 g/mol. The Morgan fingerprint density at radius 3 is 2.52 bits per heavy atom. The maximum absolute atomic E-state index is 9.40. The van der Waals surface area contributed by atoms with E-state index in [-0.39, 0.29) is 5.75 Å². The molecule has 4 nitrogen and oxygen atoms in total. The van der Waals surface area contributed by atoms with Crippen LogP contribution in [0.2, 0.25) is 0 Å². The summed E-state index contributed by atoms with van der Waals surface area (Å²) in [6.45, 7) is 0. The zero-order chi connectivity index (χ0) is 15.6. The van der Waals surface area contributed by atoms with Gasteiger partial charge in [0.15, 0.2) is 0 Å². The van der Waals surface area contributed by atoms with Crippen LogP contribution in [0.25, 0.3) is 16.5 Å². The molecule has 112 valence electrons. The summed E-state index contributed by atoms with van der Waals surface area (Å²) >= 11 is 0. The van der Waals surface area contributed by atoms with Gasteiger partial charge in [-0.05, 0) is 29.1 Å². The molecule has 0 atom stereocenters. The van der Waals surface area contributed by atoms with Gasteiger partial charge in [0.25, 0.3) is 0 Å². The van der Waals surface area contributed by atoms with Crippen LogP contribution in [0.3, 0.4) is 0 Å². The van der Waals surface area contributed by atoms with E-state index < -0.39 is 0 Å². The highest BCUT2D eigenvalue weighted by Gasteiger charge is 2.10. The van der Waals surface area contributed by atoms with Crippen molar-refractivity contribution in [1.82, 2.24) is 14.8 Å². The quantitative estimate of drug-likeness (QED) is 0.627. The van der Waals surface area contributed by atoms with E-state index in [9.17, 15) is 5.11 Å². The third kappa shape index (κ3) is 2.55. The van der Waals surface area contributed by atoms with Crippen molar-refractivity contribution in [3.63, 3.8) is 0 Å². The van der Waals surface area contributed by atoms with Crippen molar-refractivity contribution in [2.75, 3.05) is 0 Å². The standard InChI is InChI=1S/C19H15N3O/c23-16-10-8-14(9-11-16)12-19-21-20-13-22(19)18-7-3-5-15-4-1-2-6-17(15)18/h1-11,13,23H,12H2. The van der Waals surface area contributed by atoms with Crippen LogP contribution in [0.5, 0.6) is 5.75 Å². The van der Waals surface area contributed by atoms with E-state index in [4.69, 9.17) is 0 Å². The predicted octanol–water partition coefficient (Wildman–Crippen LogP) is 3.72. The second-order valence-corrected chi connectivity index (χ2v) is 5.46. The molecule has 23 heavy (non-hydrogen) atoms. The van der Waals surface area contributed by atoms with Crippen LogP contribution in [0.1, 0.15) is 11.4 Å². The van der Waals surface area contributed by atoms with Crippen molar-refractivity contribution in [3.05, 3.63) is 84.4 Å². The minimum absolute atomic E-state index is 0.268. The lowest BCUT2D eigenvalue weighted by atomic mass is 10.1. The monoisotopic (exact) mass is 301 g/mol. The molecule has 0 fully saturated rings. The molecule has 3 aromatic carbocycles. The number of rotatable bonds is 3. The van der Waals surface area contributed by atoms with Crippen LogP contribution in [0.15, 0.2) is 73.1 Å². The molecule has 0 bridgehead atoms. The lowest BCUT2D eigenvalue weighted by molar-refractivity contribution is 0.475. The van der Waals surface area contributed by atoms with Crippen LogP contribution in [0, 0.1) is 0 Å². The maximum Gasteiger partial charge on any atom is 0.141 e. The first-order valence-electron chi connectivity index (χ1n) is 7.46. The largest absolute Gasteiger partial charge is 0.508 e. The van der Waals surface area contributed by atoms with Crippen LogP contribution in [0.4, 0.5) is 0 Å². The minimum Gasteiger partial charge on any atom is -0.508 e. The highest BCUT2D eigenvalue weighted by atomic mass is 16.3. The highest BCUT2D eigenvalue weighted by Crippen LogP contribution is 2.23. The molecule has 0 unspecified atom stereocenters. The number of hydrogen-bond donors (Lipinski definition) is 1. The molecular weight excluding hydrogens is 286 g/mol. The number of aromatic nitrogens is 3. The molecule has 1 aromatic heterocycles. The number of nitrogens with zero attached hydrogens (tertiary/aromatic N) is 3. The SMILES string of the molecule is Oc1ccc(Cc2nncn2-c2cccc3ccccc23)cc1. The first-order chi connectivity index (χ1) is 11.3. The Morgan fingerprint density at radius 1 is 0.870 bits per heavy atom. The third-order valence-electron chi connectivity index (χ3n) is 3.94. The van der Waals surface area contributed by atoms with Crippen molar-refractivity contribution in [1.29, 1.82) is 0 Å². The first kappa shape index (κ1) is 13.5. The summed E-state index contributed by atoms with van der Waals surface area (Å²) < 4.78 is 2.02. The molecule has 0 saturated carbocycles. The number of benzene rings is 3. The summed E-state index contributed by atoms with van der Waals surface area (Å²) in [5.41, 5.74) is 2.15. The van der Waals surface area contributed by atoms with Crippen LogP contribution < -0.4 is 0 Å². The summed E-state index contributed by atoms with van der Waals surface area (Å²) in [4.78, 5) is 0. The fourth-order valence-corrected chi connectivity index (χ4v) is 2.80. The molecule has 0 aliphatic carbocycles. The number of phenols is 1. The Hall–Kier alpha value is -3.14. The number of hydrogen-bond acceptors (Lipinski definition) is 3. The summed E-state index contributed by atoms with van der Waals surface area (Å²) in [6.07, 6.45) is 2.40. The Bertz CT molecular complexity index is 952. The van der Waals surface area contributed by atoms with Crippen LogP contribution in [-0.4, -0.2) is 19.9 Å². The van der Waals surface area contributed by atoms with Crippen LogP contribution in [-0.2, 0) is 6.42 Å². The van der Waals surface area contributed by atoms with E-state index in [0.717, 1.165) is 17.1 Å². The highest BCUT2D eigenvalue weighted by molar-refractivity contribution is 5.90. The average Bonchev–Trinajstić information content (AvgIpc) is 3.04. The maximum atomic E-state index is 9.40. The molecule has 0 spiro atoms. The van der Waals surface area contributed by atoms with E-state index >= 15 is 0 Å². The fraction of sp³-hybridized carbons (Fsp3) is 0.0526. The fourth-order valence-electron chi connectivity index (χ4n) is 2.80. The Morgan fingerprint density at radius 2 is 1.65 bits per heavy atom. The van der Waals surface area contributed by atoms with Gasteiger partial charge in [0, 0.05) is 11.8 Å².